The van der Waals surface area contributed by atoms with Gasteiger partial charge in [0.2, 0.25) is 11.8 Å². The number of nitrogens with zero attached hydrogens (tertiary/aromatic N) is 1. The van der Waals surface area contributed by atoms with Gasteiger partial charge < -0.3 is 20.3 Å². The first-order valence-corrected chi connectivity index (χ1v) is 9.54. The summed E-state index contributed by atoms with van der Waals surface area (Å²) in [6.45, 7) is 6.06. The summed E-state index contributed by atoms with van der Waals surface area (Å²) in [5.74, 6) is 0.257. The van der Waals surface area contributed by atoms with Gasteiger partial charge in [0.1, 0.15) is 0 Å². The minimum absolute atomic E-state index is 0. The number of amides is 2. The van der Waals surface area contributed by atoms with E-state index in [1.165, 1.54) is 5.56 Å². The van der Waals surface area contributed by atoms with E-state index in [1.54, 1.807) is 0 Å². The fourth-order valence-corrected chi connectivity index (χ4v) is 3.52. The van der Waals surface area contributed by atoms with Crippen molar-refractivity contribution in [3.8, 4) is 0 Å². The van der Waals surface area contributed by atoms with Crippen LogP contribution in [0.1, 0.15) is 30.4 Å². The lowest BCUT2D eigenvalue weighted by Gasteiger charge is -2.33. The molecule has 1 aromatic carbocycles. The van der Waals surface area contributed by atoms with Crippen LogP contribution in [-0.4, -0.2) is 55.6 Å². The van der Waals surface area contributed by atoms with Crippen LogP contribution in [0, 0.1) is 12.8 Å². The Kier molecular flexibility index (Phi) is 8.54. The van der Waals surface area contributed by atoms with E-state index in [1.807, 2.05) is 17.0 Å². The molecule has 0 aliphatic carbocycles. The second-order valence-electron chi connectivity index (χ2n) is 7.29. The number of hydrogen-bond acceptors (Lipinski definition) is 4. The number of benzene rings is 1. The molecule has 2 aliphatic heterocycles. The smallest absolute Gasteiger partial charge is 0.224 e. The maximum absolute atomic E-state index is 12.4. The Labute approximate surface area is 167 Å². The van der Waals surface area contributed by atoms with Gasteiger partial charge in [-0.2, -0.15) is 0 Å². The number of nitrogens with one attached hydrogen (secondary N) is 2. The summed E-state index contributed by atoms with van der Waals surface area (Å²) >= 11 is 0. The van der Waals surface area contributed by atoms with Gasteiger partial charge in [0.15, 0.2) is 0 Å². The molecule has 0 aromatic heterocycles. The average molecular weight is 396 g/mol. The molecular weight excluding hydrogens is 366 g/mol. The number of carbonyl (C=O) groups is 2. The monoisotopic (exact) mass is 395 g/mol. The quantitative estimate of drug-likeness (QED) is 0.795. The Morgan fingerprint density at radius 1 is 1.22 bits per heavy atom. The number of hydrogen-bond donors (Lipinski definition) is 2. The molecule has 0 spiro atoms. The molecule has 0 radical (unpaired) electrons. The molecule has 2 saturated heterocycles. The van der Waals surface area contributed by atoms with E-state index < -0.39 is 0 Å². The molecule has 0 bridgehead atoms. The van der Waals surface area contributed by atoms with Crippen molar-refractivity contribution in [1.82, 2.24) is 15.5 Å². The molecule has 0 saturated carbocycles. The normalized spacial score (nSPS) is 20.6. The number of likely N-dealkylation sites (tertiary alicyclic amines) is 1. The molecule has 7 heteroatoms. The van der Waals surface area contributed by atoms with Gasteiger partial charge in [-0.1, -0.05) is 29.8 Å². The van der Waals surface area contributed by atoms with E-state index >= 15 is 0 Å². The van der Waals surface area contributed by atoms with E-state index in [9.17, 15) is 9.59 Å². The van der Waals surface area contributed by atoms with E-state index in [0.29, 0.717) is 39.3 Å². The van der Waals surface area contributed by atoms with Crippen molar-refractivity contribution in [2.75, 3.05) is 32.8 Å². The predicted octanol–water partition coefficient (Wildman–Crippen LogP) is 1.65. The zero-order valence-corrected chi connectivity index (χ0v) is 16.7. The van der Waals surface area contributed by atoms with Crippen LogP contribution in [0.3, 0.4) is 0 Å². The summed E-state index contributed by atoms with van der Waals surface area (Å²) in [5, 5.41) is 6.34. The first-order valence-electron chi connectivity index (χ1n) is 9.54. The highest BCUT2D eigenvalue weighted by Crippen LogP contribution is 2.19. The van der Waals surface area contributed by atoms with Crippen molar-refractivity contribution in [3.05, 3.63) is 35.4 Å². The molecule has 1 atom stereocenters. The number of aryl methyl sites for hydroxylation is 1. The molecule has 6 nitrogen and oxygen atoms in total. The molecule has 2 amide bonds. The summed E-state index contributed by atoms with van der Waals surface area (Å²) in [6, 6.07) is 8.31. The molecule has 150 valence electrons. The van der Waals surface area contributed by atoms with Gasteiger partial charge in [0, 0.05) is 44.6 Å². The van der Waals surface area contributed by atoms with Crippen molar-refractivity contribution in [2.24, 2.45) is 5.92 Å². The maximum atomic E-state index is 12.4. The second-order valence-corrected chi connectivity index (χ2v) is 7.29. The lowest BCUT2D eigenvalue weighted by molar-refractivity contribution is -0.136. The summed E-state index contributed by atoms with van der Waals surface area (Å²) < 4.78 is 5.40. The van der Waals surface area contributed by atoms with Gasteiger partial charge in [0.25, 0.3) is 0 Å². The molecular formula is C20H30ClN3O3. The number of morpholine rings is 1. The first kappa shape index (κ1) is 21.7. The van der Waals surface area contributed by atoms with Crippen LogP contribution < -0.4 is 10.6 Å². The van der Waals surface area contributed by atoms with Gasteiger partial charge in [-0.3, -0.25) is 9.59 Å². The van der Waals surface area contributed by atoms with Crippen LogP contribution in [0.15, 0.2) is 24.3 Å². The Morgan fingerprint density at radius 3 is 2.56 bits per heavy atom. The Hall–Kier alpha value is -1.63. The zero-order valence-electron chi connectivity index (χ0n) is 15.9. The van der Waals surface area contributed by atoms with Gasteiger partial charge in [-0.05, 0) is 25.3 Å². The van der Waals surface area contributed by atoms with Crippen LogP contribution in [0.4, 0.5) is 0 Å². The van der Waals surface area contributed by atoms with E-state index in [-0.39, 0.29) is 36.2 Å². The third-order valence-corrected chi connectivity index (χ3v) is 5.23. The lowest BCUT2D eigenvalue weighted by Crippen LogP contribution is -2.47. The third kappa shape index (κ3) is 6.48. The molecule has 27 heavy (non-hydrogen) atoms. The van der Waals surface area contributed by atoms with Gasteiger partial charge in [0.05, 0.1) is 13.2 Å². The lowest BCUT2D eigenvalue weighted by atomic mass is 9.95. The van der Waals surface area contributed by atoms with Crippen molar-refractivity contribution >= 4 is 24.2 Å². The van der Waals surface area contributed by atoms with Crippen LogP contribution in [-0.2, 0) is 20.9 Å². The van der Waals surface area contributed by atoms with Crippen molar-refractivity contribution in [2.45, 2.75) is 38.8 Å². The fraction of sp³-hybridized carbons (Fsp3) is 0.600. The fourth-order valence-electron chi connectivity index (χ4n) is 3.52. The van der Waals surface area contributed by atoms with E-state index in [0.717, 1.165) is 24.9 Å². The number of ether oxygens (including phenoxy) is 1. The second kappa shape index (κ2) is 10.6. The van der Waals surface area contributed by atoms with Crippen LogP contribution in [0.25, 0.3) is 0 Å². The van der Waals surface area contributed by atoms with Crippen molar-refractivity contribution in [1.29, 1.82) is 0 Å². The first-order chi connectivity index (χ1) is 12.6. The summed E-state index contributed by atoms with van der Waals surface area (Å²) in [7, 11) is 0. The zero-order chi connectivity index (χ0) is 18.4. The topological polar surface area (TPSA) is 70.7 Å². The largest absolute Gasteiger partial charge is 0.378 e. The standard InChI is InChI=1S/C20H29N3O3.ClH/c1-15-2-4-16(5-3-15)13-22-20(25)17-6-9-23(10-7-17)19(24)12-18-14-26-11-8-21-18;/h2-5,17-18,21H,6-14H2,1H3,(H,22,25);1H. The number of piperidine rings is 1. The minimum Gasteiger partial charge on any atom is -0.378 e. The van der Waals surface area contributed by atoms with E-state index in [2.05, 4.69) is 29.7 Å². The molecule has 2 N–H and O–H groups in total. The Balaban J connectivity index is 0.00000261. The highest BCUT2D eigenvalue weighted by molar-refractivity contribution is 5.85. The molecule has 3 rings (SSSR count). The molecule has 2 fully saturated rings. The predicted molar refractivity (Wildman–Crippen MR) is 107 cm³/mol. The highest BCUT2D eigenvalue weighted by atomic mass is 35.5. The number of halogens is 1. The molecule has 2 heterocycles. The van der Waals surface area contributed by atoms with Gasteiger partial charge >= 0.3 is 0 Å². The number of carbonyl (C=O) groups excluding carboxylic acids is 2. The van der Waals surface area contributed by atoms with Crippen molar-refractivity contribution < 1.29 is 14.3 Å². The van der Waals surface area contributed by atoms with Crippen LogP contribution in [0.2, 0.25) is 0 Å². The SMILES string of the molecule is Cc1ccc(CNC(=O)C2CCN(C(=O)CC3COCCN3)CC2)cc1.Cl. The summed E-state index contributed by atoms with van der Waals surface area (Å²) in [5.41, 5.74) is 2.32. The Bertz CT molecular complexity index is 609. The van der Waals surface area contributed by atoms with Gasteiger partial charge in [-0.15, -0.1) is 12.4 Å². The van der Waals surface area contributed by atoms with E-state index in [4.69, 9.17) is 4.74 Å². The average Bonchev–Trinajstić information content (AvgIpc) is 2.68. The Morgan fingerprint density at radius 2 is 1.93 bits per heavy atom. The highest BCUT2D eigenvalue weighted by Gasteiger charge is 2.28. The summed E-state index contributed by atoms with van der Waals surface area (Å²) in [4.78, 5) is 26.7. The summed E-state index contributed by atoms with van der Waals surface area (Å²) in [6.07, 6.45) is 1.95. The number of rotatable bonds is 5. The maximum Gasteiger partial charge on any atom is 0.224 e. The van der Waals surface area contributed by atoms with Crippen LogP contribution in [0.5, 0.6) is 0 Å². The molecule has 1 aromatic rings. The molecule has 2 aliphatic rings. The minimum atomic E-state index is 0. The van der Waals surface area contributed by atoms with Gasteiger partial charge in [-0.25, -0.2) is 0 Å². The molecule has 1 unspecified atom stereocenters. The van der Waals surface area contributed by atoms with Crippen molar-refractivity contribution in [3.63, 3.8) is 0 Å². The third-order valence-electron chi connectivity index (χ3n) is 5.23. The van der Waals surface area contributed by atoms with Crippen LogP contribution >= 0.6 is 12.4 Å².